The SMILES string of the molecule is COCC(N)CCNS(=O)(=O)c1ccccc1C(F)(F)F. The molecule has 1 aromatic carbocycles. The van der Waals surface area contributed by atoms with Crippen molar-refractivity contribution in [1.29, 1.82) is 0 Å². The van der Waals surface area contributed by atoms with Crippen LogP contribution in [0.15, 0.2) is 29.2 Å². The van der Waals surface area contributed by atoms with Crippen molar-refractivity contribution in [1.82, 2.24) is 4.72 Å². The quantitative estimate of drug-likeness (QED) is 0.792. The number of ether oxygens (including phenoxy) is 1. The Balaban J connectivity index is 2.85. The molecule has 0 aliphatic carbocycles. The summed E-state index contributed by atoms with van der Waals surface area (Å²) < 4.78 is 69.2. The summed E-state index contributed by atoms with van der Waals surface area (Å²) in [5, 5.41) is 0. The smallest absolute Gasteiger partial charge is 0.383 e. The Bertz CT molecular complexity index is 561. The van der Waals surface area contributed by atoms with E-state index in [0.717, 1.165) is 18.2 Å². The first-order chi connectivity index (χ1) is 9.68. The summed E-state index contributed by atoms with van der Waals surface area (Å²) >= 11 is 0. The average molecular weight is 326 g/mol. The molecule has 5 nitrogen and oxygen atoms in total. The van der Waals surface area contributed by atoms with Gasteiger partial charge in [-0.15, -0.1) is 0 Å². The lowest BCUT2D eigenvalue weighted by molar-refractivity contribution is -0.139. The Morgan fingerprint density at radius 1 is 1.33 bits per heavy atom. The van der Waals surface area contributed by atoms with Crippen molar-refractivity contribution in [3.05, 3.63) is 29.8 Å². The number of benzene rings is 1. The van der Waals surface area contributed by atoms with Gasteiger partial charge in [-0.3, -0.25) is 0 Å². The third-order valence-electron chi connectivity index (χ3n) is 2.67. The van der Waals surface area contributed by atoms with Gasteiger partial charge in [0.15, 0.2) is 0 Å². The molecule has 1 aromatic rings. The van der Waals surface area contributed by atoms with Gasteiger partial charge in [0.2, 0.25) is 10.0 Å². The van der Waals surface area contributed by atoms with E-state index in [2.05, 4.69) is 4.72 Å². The van der Waals surface area contributed by atoms with Gasteiger partial charge < -0.3 is 10.5 Å². The van der Waals surface area contributed by atoms with Crippen LogP contribution in [-0.2, 0) is 20.9 Å². The molecule has 0 aliphatic rings. The fraction of sp³-hybridized carbons (Fsp3) is 0.500. The average Bonchev–Trinajstić information content (AvgIpc) is 2.38. The van der Waals surface area contributed by atoms with E-state index < -0.39 is 32.7 Å². The number of halogens is 3. The second-order valence-electron chi connectivity index (χ2n) is 4.40. The number of hydrogen-bond acceptors (Lipinski definition) is 4. The van der Waals surface area contributed by atoms with Crippen LogP contribution >= 0.6 is 0 Å². The minimum atomic E-state index is -4.74. The van der Waals surface area contributed by atoms with Gasteiger partial charge in [0, 0.05) is 19.7 Å². The fourth-order valence-corrected chi connectivity index (χ4v) is 2.96. The van der Waals surface area contributed by atoms with Crippen molar-refractivity contribution < 1.29 is 26.3 Å². The van der Waals surface area contributed by atoms with Crippen molar-refractivity contribution in [2.45, 2.75) is 23.5 Å². The molecule has 0 bridgehead atoms. The van der Waals surface area contributed by atoms with Gasteiger partial charge >= 0.3 is 6.18 Å². The lowest BCUT2D eigenvalue weighted by Crippen LogP contribution is -2.33. The molecule has 0 aromatic heterocycles. The summed E-state index contributed by atoms with van der Waals surface area (Å²) in [6.07, 6.45) is -4.49. The molecule has 0 spiro atoms. The number of alkyl halides is 3. The van der Waals surface area contributed by atoms with Crippen LogP contribution in [0.5, 0.6) is 0 Å². The maximum Gasteiger partial charge on any atom is 0.417 e. The molecule has 0 heterocycles. The Morgan fingerprint density at radius 3 is 2.52 bits per heavy atom. The van der Waals surface area contributed by atoms with E-state index in [0.29, 0.717) is 0 Å². The number of sulfonamides is 1. The molecular weight excluding hydrogens is 309 g/mol. The number of nitrogens with one attached hydrogen (secondary N) is 1. The minimum Gasteiger partial charge on any atom is -0.383 e. The molecule has 1 atom stereocenters. The van der Waals surface area contributed by atoms with Crippen molar-refractivity contribution >= 4 is 10.0 Å². The molecule has 0 saturated heterocycles. The third-order valence-corrected chi connectivity index (χ3v) is 4.19. The zero-order chi connectivity index (χ0) is 16.1. The number of nitrogens with two attached hydrogens (primary N) is 1. The molecule has 120 valence electrons. The summed E-state index contributed by atoms with van der Waals surface area (Å²) in [7, 11) is -2.80. The van der Waals surface area contributed by atoms with Crippen LogP contribution in [0.4, 0.5) is 13.2 Å². The van der Waals surface area contributed by atoms with Gasteiger partial charge in [0.05, 0.1) is 17.1 Å². The monoisotopic (exact) mass is 326 g/mol. The molecule has 9 heteroatoms. The molecule has 21 heavy (non-hydrogen) atoms. The molecule has 0 fully saturated rings. The van der Waals surface area contributed by atoms with Gasteiger partial charge in [0.1, 0.15) is 0 Å². The van der Waals surface area contributed by atoms with Crippen LogP contribution in [0.2, 0.25) is 0 Å². The number of hydrogen-bond donors (Lipinski definition) is 2. The zero-order valence-electron chi connectivity index (χ0n) is 11.4. The highest BCUT2D eigenvalue weighted by Gasteiger charge is 2.36. The standard InChI is InChI=1S/C12H17F3N2O3S/c1-20-8-9(16)6-7-17-21(18,19)11-5-3-2-4-10(11)12(13,14)15/h2-5,9,17H,6-8,16H2,1H3. The lowest BCUT2D eigenvalue weighted by Gasteiger charge is -2.15. The van der Waals surface area contributed by atoms with Crippen LogP contribution in [0.25, 0.3) is 0 Å². The van der Waals surface area contributed by atoms with Crippen molar-refractivity contribution in [2.24, 2.45) is 5.73 Å². The van der Waals surface area contributed by atoms with Gasteiger partial charge in [0.25, 0.3) is 0 Å². The largest absolute Gasteiger partial charge is 0.417 e. The third kappa shape index (κ3) is 5.27. The van der Waals surface area contributed by atoms with Crippen molar-refractivity contribution in [2.75, 3.05) is 20.3 Å². The maximum absolute atomic E-state index is 12.8. The topological polar surface area (TPSA) is 81.4 Å². The highest BCUT2D eigenvalue weighted by Crippen LogP contribution is 2.33. The van der Waals surface area contributed by atoms with E-state index in [-0.39, 0.29) is 19.6 Å². The van der Waals surface area contributed by atoms with Crippen LogP contribution in [0.1, 0.15) is 12.0 Å². The fourth-order valence-electron chi connectivity index (χ4n) is 1.69. The van der Waals surface area contributed by atoms with Gasteiger partial charge in [-0.05, 0) is 18.6 Å². The van der Waals surface area contributed by atoms with E-state index in [1.54, 1.807) is 0 Å². The normalized spacial score (nSPS) is 14.1. The number of methoxy groups -OCH3 is 1. The predicted octanol–water partition coefficient (Wildman–Crippen LogP) is 1.35. The highest BCUT2D eigenvalue weighted by atomic mass is 32.2. The molecular formula is C12H17F3N2O3S. The minimum absolute atomic E-state index is 0.0704. The molecule has 1 unspecified atom stereocenters. The second kappa shape index (κ2) is 7.21. The molecule has 1 rings (SSSR count). The predicted molar refractivity (Wildman–Crippen MR) is 71.1 cm³/mol. The first-order valence-electron chi connectivity index (χ1n) is 6.09. The Labute approximate surface area is 121 Å². The number of rotatable bonds is 7. The Hall–Kier alpha value is -1.16. The zero-order valence-corrected chi connectivity index (χ0v) is 12.2. The Morgan fingerprint density at radius 2 is 1.95 bits per heavy atom. The first-order valence-corrected chi connectivity index (χ1v) is 7.57. The van der Waals surface area contributed by atoms with Crippen molar-refractivity contribution in [3.8, 4) is 0 Å². The lowest BCUT2D eigenvalue weighted by atomic mass is 10.2. The van der Waals surface area contributed by atoms with E-state index in [1.165, 1.54) is 13.2 Å². The molecule has 0 radical (unpaired) electrons. The van der Waals surface area contributed by atoms with Gasteiger partial charge in [-0.2, -0.15) is 13.2 Å². The van der Waals surface area contributed by atoms with E-state index in [9.17, 15) is 21.6 Å². The summed E-state index contributed by atoms with van der Waals surface area (Å²) in [6.45, 7) is 0.167. The summed E-state index contributed by atoms with van der Waals surface area (Å²) in [5.41, 5.74) is 4.42. The van der Waals surface area contributed by atoms with Crippen molar-refractivity contribution in [3.63, 3.8) is 0 Å². The first kappa shape index (κ1) is 17.9. The van der Waals surface area contributed by atoms with Crippen LogP contribution in [0, 0.1) is 0 Å². The molecule has 0 saturated carbocycles. The van der Waals surface area contributed by atoms with Crippen LogP contribution in [-0.4, -0.2) is 34.7 Å². The maximum atomic E-state index is 12.8. The molecule has 0 aliphatic heterocycles. The van der Waals surface area contributed by atoms with E-state index in [4.69, 9.17) is 10.5 Å². The highest BCUT2D eigenvalue weighted by molar-refractivity contribution is 7.89. The summed E-state index contributed by atoms with van der Waals surface area (Å²) in [5.74, 6) is 0. The molecule has 0 amide bonds. The van der Waals surface area contributed by atoms with E-state index in [1.807, 2.05) is 0 Å². The van der Waals surface area contributed by atoms with Crippen LogP contribution < -0.4 is 10.5 Å². The van der Waals surface area contributed by atoms with E-state index >= 15 is 0 Å². The van der Waals surface area contributed by atoms with Gasteiger partial charge in [-0.25, -0.2) is 13.1 Å². The summed E-state index contributed by atoms with van der Waals surface area (Å²) in [4.78, 5) is -0.794. The van der Waals surface area contributed by atoms with Gasteiger partial charge in [-0.1, -0.05) is 12.1 Å². The van der Waals surface area contributed by atoms with Crippen LogP contribution in [0.3, 0.4) is 0 Å². The second-order valence-corrected chi connectivity index (χ2v) is 6.13. The molecule has 3 N–H and O–H groups in total. The summed E-state index contributed by atoms with van der Waals surface area (Å²) in [6, 6.07) is 3.62. The Kier molecular flexibility index (Phi) is 6.14.